The molecule has 3 nitrogen and oxygen atoms in total. The quantitative estimate of drug-likeness (QED) is 0.914. The summed E-state index contributed by atoms with van der Waals surface area (Å²) in [5.41, 5.74) is 11.2. The first kappa shape index (κ1) is 13.6. The molecule has 2 N–H and O–H groups in total. The summed E-state index contributed by atoms with van der Waals surface area (Å²) < 4.78 is 5.98. The van der Waals surface area contributed by atoms with Crippen LogP contribution in [-0.2, 0) is 13.2 Å². The molecule has 0 aliphatic heterocycles. The van der Waals surface area contributed by atoms with Gasteiger partial charge in [0.1, 0.15) is 12.4 Å². The molecular weight excluding hydrogens is 236 g/mol. The highest BCUT2D eigenvalue weighted by Gasteiger charge is 2.08. The maximum absolute atomic E-state index is 5.98. The van der Waals surface area contributed by atoms with Crippen LogP contribution >= 0.6 is 0 Å². The van der Waals surface area contributed by atoms with E-state index in [0.717, 1.165) is 22.6 Å². The summed E-state index contributed by atoms with van der Waals surface area (Å²) >= 11 is 0. The van der Waals surface area contributed by atoms with Crippen molar-refractivity contribution in [3.05, 3.63) is 58.4 Å². The zero-order chi connectivity index (χ0) is 13.8. The van der Waals surface area contributed by atoms with Gasteiger partial charge in [0, 0.05) is 18.3 Å². The van der Waals surface area contributed by atoms with Crippen molar-refractivity contribution in [1.82, 2.24) is 4.98 Å². The van der Waals surface area contributed by atoms with E-state index in [1.807, 2.05) is 12.1 Å². The minimum absolute atomic E-state index is 0.436. The van der Waals surface area contributed by atoms with Gasteiger partial charge in [-0.1, -0.05) is 18.2 Å². The van der Waals surface area contributed by atoms with E-state index in [2.05, 4.69) is 37.9 Å². The maximum Gasteiger partial charge on any atom is 0.125 e. The van der Waals surface area contributed by atoms with Gasteiger partial charge in [-0.05, 0) is 43.5 Å². The lowest BCUT2D eigenvalue weighted by atomic mass is 10.1. The van der Waals surface area contributed by atoms with Crippen molar-refractivity contribution in [2.75, 3.05) is 0 Å². The SMILES string of the molecule is Cc1ccc(C)c(OCc2cccnc2CN)c1C. The molecule has 19 heavy (non-hydrogen) atoms. The number of pyridine rings is 1. The van der Waals surface area contributed by atoms with E-state index in [1.54, 1.807) is 6.20 Å². The van der Waals surface area contributed by atoms with Crippen molar-refractivity contribution >= 4 is 0 Å². The molecule has 0 radical (unpaired) electrons. The summed E-state index contributed by atoms with van der Waals surface area (Å²) in [7, 11) is 0. The van der Waals surface area contributed by atoms with Crippen LogP contribution in [0.15, 0.2) is 30.5 Å². The fraction of sp³-hybridized carbons (Fsp3) is 0.312. The summed E-state index contributed by atoms with van der Waals surface area (Å²) in [6.45, 7) is 7.19. The lowest BCUT2D eigenvalue weighted by Gasteiger charge is -2.15. The van der Waals surface area contributed by atoms with Crippen molar-refractivity contribution in [2.24, 2.45) is 5.73 Å². The summed E-state index contributed by atoms with van der Waals surface area (Å²) in [6.07, 6.45) is 1.76. The first-order chi connectivity index (χ1) is 9.13. The summed E-state index contributed by atoms with van der Waals surface area (Å²) in [6, 6.07) is 8.13. The molecule has 0 saturated heterocycles. The molecule has 100 valence electrons. The second-order valence-electron chi connectivity index (χ2n) is 4.76. The van der Waals surface area contributed by atoms with Gasteiger partial charge in [-0.25, -0.2) is 0 Å². The molecule has 0 bridgehead atoms. The molecule has 2 rings (SSSR count). The molecule has 1 aromatic heterocycles. The first-order valence-corrected chi connectivity index (χ1v) is 6.46. The van der Waals surface area contributed by atoms with Crippen LogP contribution in [0.1, 0.15) is 27.9 Å². The van der Waals surface area contributed by atoms with Gasteiger partial charge in [0.15, 0.2) is 0 Å². The third kappa shape index (κ3) is 2.93. The molecule has 0 fully saturated rings. The molecule has 0 saturated carbocycles. The number of hydrogen-bond acceptors (Lipinski definition) is 3. The fourth-order valence-corrected chi connectivity index (χ4v) is 2.08. The number of ether oxygens (including phenoxy) is 1. The third-order valence-electron chi connectivity index (χ3n) is 3.42. The summed E-state index contributed by atoms with van der Waals surface area (Å²) in [5.74, 6) is 0.965. The number of aryl methyl sites for hydroxylation is 2. The lowest BCUT2D eigenvalue weighted by Crippen LogP contribution is -2.07. The largest absolute Gasteiger partial charge is 0.488 e. The predicted octanol–water partition coefficient (Wildman–Crippen LogP) is 3.04. The van der Waals surface area contributed by atoms with Gasteiger partial charge >= 0.3 is 0 Å². The minimum Gasteiger partial charge on any atom is -0.488 e. The van der Waals surface area contributed by atoms with E-state index < -0.39 is 0 Å². The first-order valence-electron chi connectivity index (χ1n) is 6.46. The Balaban J connectivity index is 2.21. The van der Waals surface area contributed by atoms with Crippen molar-refractivity contribution in [3.8, 4) is 5.75 Å². The fourth-order valence-electron chi connectivity index (χ4n) is 2.08. The normalized spacial score (nSPS) is 10.5. The van der Waals surface area contributed by atoms with E-state index in [0.29, 0.717) is 13.2 Å². The van der Waals surface area contributed by atoms with Gasteiger partial charge < -0.3 is 10.5 Å². The van der Waals surface area contributed by atoms with Crippen molar-refractivity contribution in [1.29, 1.82) is 0 Å². The van der Waals surface area contributed by atoms with Crippen LogP contribution in [0, 0.1) is 20.8 Å². The van der Waals surface area contributed by atoms with Crippen molar-refractivity contribution in [2.45, 2.75) is 33.9 Å². The minimum atomic E-state index is 0.436. The lowest BCUT2D eigenvalue weighted by molar-refractivity contribution is 0.300. The van der Waals surface area contributed by atoms with E-state index >= 15 is 0 Å². The van der Waals surface area contributed by atoms with Crippen LogP contribution in [0.5, 0.6) is 5.75 Å². The highest BCUT2D eigenvalue weighted by Crippen LogP contribution is 2.26. The summed E-state index contributed by atoms with van der Waals surface area (Å²) in [4.78, 5) is 4.27. The zero-order valence-corrected chi connectivity index (χ0v) is 11.7. The maximum atomic E-state index is 5.98. The Bertz CT molecular complexity index is 579. The predicted molar refractivity (Wildman–Crippen MR) is 77.1 cm³/mol. The Morgan fingerprint density at radius 3 is 2.58 bits per heavy atom. The molecule has 3 heteroatoms. The number of benzene rings is 1. The molecule has 1 heterocycles. The van der Waals surface area contributed by atoms with Crippen LogP contribution in [0.2, 0.25) is 0 Å². The van der Waals surface area contributed by atoms with E-state index in [-0.39, 0.29) is 0 Å². The highest BCUT2D eigenvalue weighted by molar-refractivity contribution is 5.44. The van der Waals surface area contributed by atoms with Crippen LogP contribution < -0.4 is 10.5 Å². The monoisotopic (exact) mass is 256 g/mol. The van der Waals surface area contributed by atoms with Gasteiger partial charge in [-0.3, -0.25) is 4.98 Å². The Kier molecular flexibility index (Phi) is 4.17. The molecule has 0 spiro atoms. The standard InChI is InChI=1S/C16H20N2O/c1-11-6-7-12(2)16(13(11)3)19-10-14-5-4-8-18-15(14)9-17/h4-8H,9-10,17H2,1-3H3. The van der Waals surface area contributed by atoms with Crippen LogP contribution in [-0.4, -0.2) is 4.98 Å². The molecule has 0 aliphatic carbocycles. The molecule has 2 aromatic rings. The molecule has 0 aliphatic rings. The second kappa shape index (κ2) is 5.85. The van der Waals surface area contributed by atoms with E-state index in [4.69, 9.17) is 10.5 Å². The Morgan fingerprint density at radius 2 is 1.84 bits per heavy atom. The number of aromatic nitrogens is 1. The number of nitrogens with zero attached hydrogens (tertiary/aromatic N) is 1. The summed E-state index contributed by atoms with van der Waals surface area (Å²) in [5, 5.41) is 0. The van der Waals surface area contributed by atoms with Crippen LogP contribution in [0.25, 0.3) is 0 Å². The zero-order valence-electron chi connectivity index (χ0n) is 11.7. The van der Waals surface area contributed by atoms with Crippen molar-refractivity contribution < 1.29 is 4.74 Å². The molecular formula is C16H20N2O. The topological polar surface area (TPSA) is 48.1 Å². The average molecular weight is 256 g/mol. The van der Waals surface area contributed by atoms with Crippen LogP contribution in [0.3, 0.4) is 0 Å². The Labute approximate surface area is 114 Å². The molecule has 0 unspecified atom stereocenters. The number of hydrogen-bond donors (Lipinski definition) is 1. The third-order valence-corrected chi connectivity index (χ3v) is 3.42. The number of nitrogens with two attached hydrogens (primary N) is 1. The molecule has 0 atom stereocenters. The second-order valence-corrected chi connectivity index (χ2v) is 4.76. The van der Waals surface area contributed by atoms with Gasteiger partial charge in [0.05, 0.1) is 5.69 Å². The van der Waals surface area contributed by atoms with Crippen LogP contribution in [0.4, 0.5) is 0 Å². The smallest absolute Gasteiger partial charge is 0.125 e. The van der Waals surface area contributed by atoms with E-state index in [9.17, 15) is 0 Å². The molecule has 1 aromatic carbocycles. The Morgan fingerprint density at radius 1 is 1.11 bits per heavy atom. The Hall–Kier alpha value is -1.87. The van der Waals surface area contributed by atoms with Gasteiger partial charge in [0.2, 0.25) is 0 Å². The van der Waals surface area contributed by atoms with Crippen molar-refractivity contribution in [3.63, 3.8) is 0 Å². The highest BCUT2D eigenvalue weighted by atomic mass is 16.5. The van der Waals surface area contributed by atoms with E-state index in [1.165, 1.54) is 11.1 Å². The van der Waals surface area contributed by atoms with Gasteiger partial charge in [-0.2, -0.15) is 0 Å². The molecule has 0 amide bonds. The van der Waals surface area contributed by atoms with Gasteiger partial charge in [0.25, 0.3) is 0 Å². The number of rotatable bonds is 4. The van der Waals surface area contributed by atoms with Gasteiger partial charge in [-0.15, -0.1) is 0 Å². The average Bonchev–Trinajstić information content (AvgIpc) is 2.43.